The monoisotopic (exact) mass is 203 g/mol. The molecule has 0 bridgehead atoms. The van der Waals surface area contributed by atoms with Gasteiger partial charge in [0, 0.05) is 28.3 Å². The van der Waals surface area contributed by atoms with Crippen LogP contribution in [0.15, 0.2) is 16.8 Å². The van der Waals surface area contributed by atoms with Gasteiger partial charge < -0.3 is 5.73 Å². The lowest BCUT2D eigenvalue weighted by Gasteiger charge is -2.06. The minimum absolute atomic E-state index is 0.102. The van der Waals surface area contributed by atoms with E-state index in [1.165, 1.54) is 0 Å². The van der Waals surface area contributed by atoms with Gasteiger partial charge in [-0.15, -0.1) is 0 Å². The van der Waals surface area contributed by atoms with Gasteiger partial charge in [0.2, 0.25) is 0 Å². The first-order valence-corrected chi connectivity index (χ1v) is 6.15. The smallest absolute Gasteiger partial charge is 0.0497 e. The minimum Gasteiger partial charge on any atom is -0.329 e. The van der Waals surface area contributed by atoms with Crippen molar-refractivity contribution in [2.24, 2.45) is 5.73 Å². The highest BCUT2D eigenvalue weighted by atomic mass is 32.2. The second-order valence-corrected chi connectivity index (χ2v) is 5.34. The summed E-state index contributed by atoms with van der Waals surface area (Å²) < 4.78 is 11.5. The van der Waals surface area contributed by atoms with E-state index in [2.05, 4.69) is 0 Å². The molecule has 0 saturated carbocycles. The Morgan fingerprint density at radius 3 is 3.00 bits per heavy atom. The van der Waals surface area contributed by atoms with E-state index in [1.807, 2.05) is 23.8 Å². The lowest BCUT2D eigenvalue weighted by atomic mass is 10.4. The number of rotatable bonds is 4. The van der Waals surface area contributed by atoms with Crippen LogP contribution in [0.5, 0.6) is 0 Å². The number of hydrogen-bond acceptors (Lipinski definition) is 3. The molecule has 0 saturated heterocycles. The van der Waals surface area contributed by atoms with Crippen molar-refractivity contribution in [3.05, 3.63) is 22.4 Å². The average Bonchev–Trinajstić information content (AvgIpc) is 2.55. The molecule has 68 valence electrons. The van der Waals surface area contributed by atoms with E-state index < -0.39 is 10.8 Å². The van der Waals surface area contributed by atoms with Crippen molar-refractivity contribution in [2.75, 3.05) is 6.54 Å². The lowest BCUT2D eigenvalue weighted by Crippen LogP contribution is -2.22. The molecule has 0 spiro atoms. The predicted octanol–water partition coefficient (Wildman–Crippen LogP) is 1.34. The molecule has 1 aromatic heterocycles. The van der Waals surface area contributed by atoms with Crippen molar-refractivity contribution in [2.45, 2.75) is 17.9 Å². The maximum atomic E-state index is 11.5. The standard InChI is InChI=1S/C8H13NOS2/c1-7(4-9)12(10)6-8-2-3-11-5-8/h2-3,5,7H,4,6,9H2,1H3. The predicted molar refractivity (Wildman–Crippen MR) is 54.7 cm³/mol. The van der Waals surface area contributed by atoms with Crippen molar-refractivity contribution < 1.29 is 4.21 Å². The molecule has 1 heterocycles. The zero-order chi connectivity index (χ0) is 8.97. The highest BCUT2D eigenvalue weighted by Gasteiger charge is 2.09. The van der Waals surface area contributed by atoms with Crippen LogP contribution in [0.1, 0.15) is 12.5 Å². The van der Waals surface area contributed by atoms with Gasteiger partial charge in [0.25, 0.3) is 0 Å². The second kappa shape index (κ2) is 4.74. The molecule has 0 aliphatic heterocycles. The van der Waals surface area contributed by atoms with E-state index in [4.69, 9.17) is 5.73 Å². The average molecular weight is 203 g/mol. The molecule has 1 aromatic rings. The van der Waals surface area contributed by atoms with Gasteiger partial charge >= 0.3 is 0 Å². The van der Waals surface area contributed by atoms with Crippen LogP contribution >= 0.6 is 11.3 Å². The largest absolute Gasteiger partial charge is 0.329 e. The van der Waals surface area contributed by atoms with Crippen LogP contribution in [0.3, 0.4) is 0 Å². The molecule has 2 N–H and O–H groups in total. The first kappa shape index (κ1) is 9.89. The van der Waals surface area contributed by atoms with Crippen LogP contribution in [-0.2, 0) is 16.6 Å². The highest BCUT2D eigenvalue weighted by molar-refractivity contribution is 7.84. The van der Waals surface area contributed by atoms with Gasteiger partial charge in [-0.25, -0.2) is 0 Å². The van der Waals surface area contributed by atoms with Gasteiger partial charge in [0.05, 0.1) is 0 Å². The Hall–Kier alpha value is -0.190. The summed E-state index contributed by atoms with van der Waals surface area (Å²) in [5, 5.41) is 4.13. The Morgan fingerprint density at radius 2 is 2.50 bits per heavy atom. The third-order valence-electron chi connectivity index (χ3n) is 1.67. The van der Waals surface area contributed by atoms with E-state index in [1.54, 1.807) is 11.3 Å². The topological polar surface area (TPSA) is 43.1 Å². The Morgan fingerprint density at radius 1 is 1.75 bits per heavy atom. The van der Waals surface area contributed by atoms with Crippen LogP contribution in [0.2, 0.25) is 0 Å². The van der Waals surface area contributed by atoms with Gasteiger partial charge in [-0.3, -0.25) is 4.21 Å². The lowest BCUT2D eigenvalue weighted by molar-refractivity contribution is 0.673. The molecule has 2 nitrogen and oxygen atoms in total. The summed E-state index contributed by atoms with van der Waals surface area (Å²) in [6.45, 7) is 2.42. The van der Waals surface area contributed by atoms with E-state index in [0.717, 1.165) is 5.56 Å². The van der Waals surface area contributed by atoms with E-state index >= 15 is 0 Å². The van der Waals surface area contributed by atoms with Gasteiger partial charge in [-0.05, 0) is 29.3 Å². The Labute approximate surface area is 79.2 Å². The summed E-state index contributed by atoms with van der Waals surface area (Å²) in [4.78, 5) is 0. The van der Waals surface area contributed by atoms with E-state index in [9.17, 15) is 4.21 Å². The van der Waals surface area contributed by atoms with E-state index in [-0.39, 0.29) is 5.25 Å². The molecule has 12 heavy (non-hydrogen) atoms. The first-order chi connectivity index (χ1) is 5.74. The van der Waals surface area contributed by atoms with Gasteiger partial charge in [0.1, 0.15) is 0 Å². The maximum absolute atomic E-state index is 11.5. The molecule has 0 aromatic carbocycles. The molecule has 0 amide bonds. The van der Waals surface area contributed by atoms with Gasteiger partial charge in [0.15, 0.2) is 0 Å². The fourth-order valence-electron chi connectivity index (χ4n) is 0.789. The van der Waals surface area contributed by atoms with Crippen molar-refractivity contribution in [1.82, 2.24) is 0 Å². The molecule has 0 aliphatic rings. The minimum atomic E-state index is -0.813. The molecule has 1 rings (SSSR count). The van der Waals surface area contributed by atoms with Crippen LogP contribution in [-0.4, -0.2) is 16.0 Å². The molecular weight excluding hydrogens is 190 g/mol. The third kappa shape index (κ3) is 2.69. The van der Waals surface area contributed by atoms with Crippen molar-refractivity contribution in [1.29, 1.82) is 0 Å². The fourth-order valence-corrected chi connectivity index (χ4v) is 2.57. The molecule has 0 fully saturated rings. The summed E-state index contributed by atoms with van der Waals surface area (Å²) in [7, 11) is -0.813. The summed E-state index contributed by atoms with van der Waals surface area (Å²) in [5.41, 5.74) is 6.56. The fraction of sp³-hybridized carbons (Fsp3) is 0.500. The normalized spacial score (nSPS) is 15.8. The molecule has 0 aliphatic carbocycles. The van der Waals surface area contributed by atoms with Crippen LogP contribution in [0.4, 0.5) is 0 Å². The summed E-state index contributed by atoms with van der Waals surface area (Å²) in [6, 6.07) is 2.01. The van der Waals surface area contributed by atoms with Crippen molar-refractivity contribution >= 4 is 22.1 Å². The summed E-state index contributed by atoms with van der Waals surface area (Å²) in [5.74, 6) is 0.641. The summed E-state index contributed by atoms with van der Waals surface area (Å²) >= 11 is 1.64. The number of thiophene rings is 1. The third-order valence-corrected chi connectivity index (χ3v) is 4.11. The molecule has 2 atom stereocenters. The quantitative estimate of drug-likeness (QED) is 0.802. The molecule has 0 radical (unpaired) electrons. The van der Waals surface area contributed by atoms with Crippen LogP contribution < -0.4 is 5.73 Å². The second-order valence-electron chi connectivity index (χ2n) is 2.70. The number of hydrogen-bond donors (Lipinski definition) is 1. The van der Waals surface area contributed by atoms with Crippen LogP contribution in [0, 0.1) is 0 Å². The van der Waals surface area contributed by atoms with Gasteiger partial charge in [-0.2, -0.15) is 11.3 Å². The zero-order valence-electron chi connectivity index (χ0n) is 7.03. The van der Waals surface area contributed by atoms with Crippen molar-refractivity contribution in [3.8, 4) is 0 Å². The Kier molecular flexibility index (Phi) is 3.91. The maximum Gasteiger partial charge on any atom is 0.0497 e. The summed E-state index contributed by atoms with van der Waals surface area (Å²) in [6.07, 6.45) is 0. The van der Waals surface area contributed by atoms with Crippen molar-refractivity contribution in [3.63, 3.8) is 0 Å². The molecule has 2 unspecified atom stereocenters. The van der Waals surface area contributed by atoms with Crippen LogP contribution in [0.25, 0.3) is 0 Å². The first-order valence-electron chi connectivity index (χ1n) is 3.82. The van der Waals surface area contributed by atoms with E-state index in [0.29, 0.717) is 12.3 Å². The molecular formula is C8H13NOS2. The van der Waals surface area contributed by atoms with Gasteiger partial charge in [-0.1, -0.05) is 0 Å². The SMILES string of the molecule is CC(CN)S(=O)Cc1ccsc1. The number of nitrogens with two attached hydrogens (primary N) is 1. The Bertz CT molecular complexity index is 246. The Balaban J connectivity index is 2.47. The zero-order valence-corrected chi connectivity index (χ0v) is 8.66. The highest BCUT2D eigenvalue weighted by Crippen LogP contribution is 2.10. The molecule has 4 heteroatoms.